The fourth-order valence-electron chi connectivity index (χ4n) is 1.89. The summed E-state index contributed by atoms with van der Waals surface area (Å²) >= 11 is 6.04. The maximum atomic E-state index is 6.04. The molecule has 0 spiro atoms. The summed E-state index contributed by atoms with van der Waals surface area (Å²) in [6.07, 6.45) is 6.50. The molecule has 1 atom stereocenters. The van der Waals surface area contributed by atoms with Crippen molar-refractivity contribution >= 4 is 11.6 Å². The number of nitrogens with one attached hydrogen (secondary N) is 1. The van der Waals surface area contributed by atoms with Crippen LogP contribution in [0.3, 0.4) is 0 Å². The Morgan fingerprint density at radius 2 is 2.29 bits per heavy atom. The first-order valence-electron chi connectivity index (χ1n) is 6.37. The van der Waals surface area contributed by atoms with Gasteiger partial charge >= 0.3 is 0 Å². The topological polar surface area (TPSA) is 12.0 Å². The molecule has 1 aromatic rings. The van der Waals surface area contributed by atoms with Gasteiger partial charge in [0, 0.05) is 11.1 Å². The average Bonchev–Trinajstić information content (AvgIpc) is 2.33. The van der Waals surface area contributed by atoms with Gasteiger partial charge in [-0.25, -0.2) is 0 Å². The van der Waals surface area contributed by atoms with Gasteiger partial charge in [0.2, 0.25) is 0 Å². The van der Waals surface area contributed by atoms with Crippen LogP contribution in [0.1, 0.15) is 44.2 Å². The van der Waals surface area contributed by atoms with Crippen LogP contribution in [0, 0.1) is 0 Å². The first-order valence-corrected chi connectivity index (χ1v) is 6.75. The molecule has 1 nitrogen and oxygen atoms in total. The van der Waals surface area contributed by atoms with Gasteiger partial charge in [0.15, 0.2) is 0 Å². The minimum Gasteiger partial charge on any atom is -0.310 e. The monoisotopic (exact) mass is 251 g/mol. The van der Waals surface area contributed by atoms with Crippen molar-refractivity contribution in [2.24, 2.45) is 0 Å². The standard InChI is InChI=1S/C15H22ClN/c1-3-5-6-10-15(17-11-4-2)13-8-7-9-14(16)12-13/h3,7-9,12,15,17H,1,4-6,10-11H2,2H3. The maximum absolute atomic E-state index is 6.04. The lowest BCUT2D eigenvalue weighted by Gasteiger charge is -2.19. The zero-order chi connectivity index (χ0) is 12.5. The number of allylic oxidation sites excluding steroid dienone is 1. The highest BCUT2D eigenvalue weighted by atomic mass is 35.5. The quantitative estimate of drug-likeness (QED) is 0.520. The molecular weight excluding hydrogens is 230 g/mol. The molecule has 94 valence electrons. The molecule has 1 rings (SSSR count). The van der Waals surface area contributed by atoms with E-state index in [2.05, 4.69) is 31.0 Å². The summed E-state index contributed by atoms with van der Waals surface area (Å²) in [5.74, 6) is 0. The predicted molar refractivity (Wildman–Crippen MR) is 76.5 cm³/mol. The van der Waals surface area contributed by atoms with Crippen LogP contribution in [0.5, 0.6) is 0 Å². The van der Waals surface area contributed by atoms with Crippen LogP contribution in [0.2, 0.25) is 5.02 Å². The Hall–Kier alpha value is -0.790. The number of rotatable bonds is 8. The van der Waals surface area contributed by atoms with Crippen LogP contribution < -0.4 is 5.32 Å². The summed E-state index contributed by atoms with van der Waals surface area (Å²) in [4.78, 5) is 0. The van der Waals surface area contributed by atoms with Gasteiger partial charge in [-0.2, -0.15) is 0 Å². The molecule has 0 saturated carbocycles. The van der Waals surface area contributed by atoms with E-state index in [1.807, 2.05) is 18.2 Å². The molecule has 0 bridgehead atoms. The zero-order valence-corrected chi connectivity index (χ0v) is 11.3. The van der Waals surface area contributed by atoms with Gasteiger partial charge in [-0.1, -0.05) is 36.7 Å². The molecule has 0 aromatic heterocycles. The van der Waals surface area contributed by atoms with Gasteiger partial charge in [-0.15, -0.1) is 6.58 Å². The fraction of sp³-hybridized carbons (Fsp3) is 0.467. The van der Waals surface area contributed by atoms with Gasteiger partial charge in [-0.3, -0.25) is 0 Å². The Balaban J connectivity index is 2.63. The van der Waals surface area contributed by atoms with Crippen molar-refractivity contribution in [2.75, 3.05) is 6.54 Å². The van der Waals surface area contributed by atoms with E-state index in [9.17, 15) is 0 Å². The van der Waals surface area contributed by atoms with Crippen LogP contribution in [0.4, 0.5) is 0 Å². The zero-order valence-electron chi connectivity index (χ0n) is 10.6. The van der Waals surface area contributed by atoms with Crippen molar-refractivity contribution < 1.29 is 0 Å². The number of hydrogen-bond donors (Lipinski definition) is 1. The predicted octanol–water partition coefficient (Wildman–Crippen LogP) is 4.74. The lowest BCUT2D eigenvalue weighted by Crippen LogP contribution is -2.22. The molecule has 1 unspecified atom stereocenters. The fourth-order valence-corrected chi connectivity index (χ4v) is 2.09. The SMILES string of the molecule is C=CCCCC(NCCC)c1cccc(Cl)c1. The summed E-state index contributed by atoms with van der Waals surface area (Å²) in [7, 11) is 0. The van der Waals surface area contributed by atoms with E-state index >= 15 is 0 Å². The smallest absolute Gasteiger partial charge is 0.0409 e. The summed E-state index contributed by atoms with van der Waals surface area (Å²) in [6.45, 7) is 7.00. The molecule has 0 aliphatic heterocycles. The molecule has 0 amide bonds. The third kappa shape index (κ3) is 5.38. The Bertz CT molecular complexity index is 335. The van der Waals surface area contributed by atoms with Gasteiger partial charge in [0.1, 0.15) is 0 Å². The van der Waals surface area contributed by atoms with Crippen molar-refractivity contribution in [2.45, 2.75) is 38.6 Å². The van der Waals surface area contributed by atoms with Crippen LogP contribution in [0.25, 0.3) is 0 Å². The normalized spacial score (nSPS) is 12.4. The highest BCUT2D eigenvalue weighted by Crippen LogP contribution is 2.22. The first kappa shape index (κ1) is 14.3. The van der Waals surface area contributed by atoms with Crippen molar-refractivity contribution in [1.29, 1.82) is 0 Å². The molecule has 0 heterocycles. The highest BCUT2D eigenvalue weighted by molar-refractivity contribution is 6.30. The second-order valence-corrected chi connectivity index (χ2v) is 4.72. The number of unbranched alkanes of at least 4 members (excludes halogenated alkanes) is 1. The van der Waals surface area contributed by atoms with E-state index in [0.29, 0.717) is 6.04 Å². The van der Waals surface area contributed by atoms with Crippen molar-refractivity contribution in [3.8, 4) is 0 Å². The number of benzene rings is 1. The van der Waals surface area contributed by atoms with Crippen molar-refractivity contribution in [3.63, 3.8) is 0 Å². The molecule has 1 N–H and O–H groups in total. The van der Waals surface area contributed by atoms with Gasteiger partial charge in [0.05, 0.1) is 0 Å². The molecule has 0 radical (unpaired) electrons. The third-order valence-corrected chi connectivity index (χ3v) is 3.03. The lowest BCUT2D eigenvalue weighted by molar-refractivity contribution is 0.486. The second kappa shape index (κ2) is 8.32. The third-order valence-electron chi connectivity index (χ3n) is 2.79. The van der Waals surface area contributed by atoms with Gasteiger partial charge in [-0.05, 0) is 49.9 Å². The largest absolute Gasteiger partial charge is 0.310 e. The van der Waals surface area contributed by atoms with E-state index < -0.39 is 0 Å². The van der Waals surface area contributed by atoms with E-state index in [-0.39, 0.29) is 0 Å². The highest BCUT2D eigenvalue weighted by Gasteiger charge is 2.09. The minimum atomic E-state index is 0.411. The minimum absolute atomic E-state index is 0.411. The second-order valence-electron chi connectivity index (χ2n) is 4.28. The summed E-state index contributed by atoms with van der Waals surface area (Å²) in [6, 6.07) is 8.56. The van der Waals surface area contributed by atoms with Crippen molar-refractivity contribution in [1.82, 2.24) is 5.32 Å². The van der Waals surface area contributed by atoms with E-state index in [0.717, 1.165) is 37.3 Å². The Kier molecular flexibility index (Phi) is 6.99. The average molecular weight is 252 g/mol. The molecule has 2 heteroatoms. The summed E-state index contributed by atoms with van der Waals surface area (Å²) in [5, 5.41) is 4.39. The van der Waals surface area contributed by atoms with E-state index in [4.69, 9.17) is 11.6 Å². The molecule has 0 aliphatic rings. The summed E-state index contributed by atoms with van der Waals surface area (Å²) < 4.78 is 0. The van der Waals surface area contributed by atoms with Gasteiger partial charge in [0.25, 0.3) is 0 Å². The Labute approximate surface area is 110 Å². The maximum Gasteiger partial charge on any atom is 0.0409 e. The first-order chi connectivity index (χ1) is 8.27. The molecule has 1 aromatic carbocycles. The Morgan fingerprint density at radius 1 is 1.47 bits per heavy atom. The van der Waals surface area contributed by atoms with Crippen molar-refractivity contribution in [3.05, 3.63) is 47.5 Å². The van der Waals surface area contributed by atoms with Crippen LogP contribution >= 0.6 is 11.6 Å². The molecule has 0 aliphatic carbocycles. The van der Waals surface area contributed by atoms with Gasteiger partial charge < -0.3 is 5.32 Å². The number of hydrogen-bond acceptors (Lipinski definition) is 1. The number of halogens is 1. The van der Waals surface area contributed by atoms with E-state index in [1.165, 1.54) is 5.56 Å². The van der Waals surface area contributed by atoms with Crippen LogP contribution in [-0.2, 0) is 0 Å². The summed E-state index contributed by atoms with van der Waals surface area (Å²) in [5.41, 5.74) is 1.29. The van der Waals surface area contributed by atoms with Crippen LogP contribution in [-0.4, -0.2) is 6.54 Å². The molecular formula is C15H22ClN. The van der Waals surface area contributed by atoms with Crippen LogP contribution in [0.15, 0.2) is 36.9 Å². The van der Waals surface area contributed by atoms with E-state index in [1.54, 1.807) is 0 Å². The molecule has 17 heavy (non-hydrogen) atoms. The Morgan fingerprint density at radius 3 is 2.94 bits per heavy atom. The lowest BCUT2D eigenvalue weighted by atomic mass is 10.0. The molecule has 0 fully saturated rings. The molecule has 0 saturated heterocycles.